The van der Waals surface area contributed by atoms with Gasteiger partial charge in [0.25, 0.3) is 0 Å². The van der Waals surface area contributed by atoms with Crippen molar-refractivity contribution < 1.29 is 115 Å². The van der Waals surface area contributed by atoms with E-state index in [2.05, 4.69) is 0 Å². The zero-order valence-electron chi connectivity index (χ0n) is 44.0. The van der Waals surface area contributed by atoms with Crippen LogP contribution in [0.3, 0.4) is 0 Å². The summed E-state index contributed by atoms with van der Waals surface area (Å²) in [4.78, 5) is 93.6. The van der Waals surface area contributed by atoms with E-state index in [0.29, 0.717) is 20.0 Å². The molecule has 0 aromatic carbocycles. The number of aliphatic hydroxyl groups is 4. The summed E-state index contributed by atoms with van der Waals surface area (Å²) in [5.41, 5.74) is -1.66. The van der Waals surface area contributed by atoms with Crippen molar-refractivity contribution in [2.24, 2.45) is 23.7 Å². The molecule has 75 heavy (non-hydrogen) atoms. The molecule has 0 aromatic rings. The van der Waals surface area contributed by atoms with Crippen LogP contribution >= 0.6 is 0 Å². The molecule has 23 heteroatoms. The number of rotatable bonds is 4. The summed E-state index contributed by atoms with van der Waals surface area (Å²) in [5, 5.41) is 47.3. The molecule has 0 radical (unpaired) electrons. The Labute approximate surface area is 475 Å². The Morgan fingerprint density at radius 1 is 0.520 bits per heavy atom. The first kappa shape index (κ1) is 85.3. The van der Waals surface area contributed by atoms with Crippen LogP contribution < -0.4 is 29.6 Å². The largest absolute Gasteiger partial charge is 1.00 e. The standard InChI is InChI=1S/C13H22N2O4.C11H21NO3.C10H17NO5.C9H15NO2.C2H6.CO2.6CH4.Na.H2O/c1-13(2,3)19-12(18)15-7-9(10(16)8-15)11(17)14-5-4-6-14;1-5-8-6-12(7-9(8)13)10(14)15-11(2,3)4;1-10(2,3)16-9(15)11-4-6(8(13)14)7(12)5-11;11-8-4-1-3-7(8)9(12)10-5-2-6-10;1-2;2-1-3;;;;;;;;/h9-10,16H,4-8H2,1-3H3;8-9,13H,5-7H2,1-4H3;6-7,12H,4-5H2,1-3H3,(H,13,14);7-8,11H,1-6H2;1-2H3;;6*1H4;;1H2/q;;;;;;;;;;;;+1;/p-1/t9-,10-;8-,9-;6-,7-;7-,8-;;;;;;;;;;/m0000........../s1/i;;;;1D;;;;;;;;;. The number of carbonyl (C=O) groups is 6. The molecule has 6 rings (SSSR count). The molecule has 5 saturated heterocycles. The molecule has 0 aromatic heterocycles. The monoisotopic (exact) mass is 1100 g/mol. The van der Waals surface area contributed by atoms with E-state index < -0.39 is 65.1 Å². The number of aliphatic hydroxyl groups excluding tert-OH is 4. The third kappa shape index (κ3) is 30.8. The molecule has 5 amide bonds. The molecule has 1 aliphatic carbocycles. The summed E-state index contributed by atoms with van der Waals surface area (Å²) < 4.78 is 21.8. The van der Waals surface area contributed by atoms with Gasteiger partial charge in [-0.05, 0) is 101 Å². The Bertz CT molecular complexity index is 1670. The summed E-state index contributed by atoms with van der Waals surface area (Å²) in [6, 6.07) is 0. The zero-order valence-corrected chi connectivity index (χ0v) is 45.0. The first-order valence-electron chi connectivity index (χ1n) is 23.9. The number of amides is 5. The van der Waals surface area contributed by atoms with E-state index in [-0.39, 0.29) is 148 Å². The van der Waals surface area contributed by atoms with Gasteiger partial charge in [-0.2, -0.15) is 9.59 Å². The second-order valence-corrected chi connectivity index (χ2v) is 20.1. The Morgan fingerprint density at radius 2 is 0.827 bits per heavy atom. The van der Waals surface area contributed by atoms with E-state index in [1.807, 2.05) is 32.6 Å². The first-order chi connectivity index (χ1) is 31.4. The van der Waals surface area contributed by atoms with Crippen LogP contribution in [0.4, 0.5) is 14.4 Å². The van der Waals surface area contributed by atoms with Crippen molar-refractivity contribution in [3.63, 3.8) is 0 Å². The van der Waals surface area contributed by atoms with Crippen LogP contribution in [0.15, 0.2) is 0 Å². The molecule has 1 saturated carbocycles. The Balaban J connectivity index is -0.000000127. The molecule has 5 aliphatic heterocycles. The van der Waals surface area contributed by atoms with Gasteiger partial charge in [-0.3, -0.25) is 14.4 Å². The molecule has 6 fully saturated rings. The maximum absolute atomic E-state index is 12.1. The minimum absolute atomic E-state index is 0. The van der Waals surface area contributed by atoms with Gasteiger partial charge in [0.05, 0.1) is 55.9 Å². The van der Waals surface area contributed by atoms with Gasteiger partial charge < -0.3 is 69.7 Å². The predicted octanol–water partition coefficient (Wildman–Crippen LogP) is 3.84. The van der Waals surface area contributed by atoms with E-state index in [1.54, 1.807) is 58.3 Å². The Morgan fingerprint density at radius 3 is 1.08 bits per heavy atom. The van der Waals surface area contributed by atoms with Gasteiger partial charge in [0.15, 0.2) is 0 Å². The van der Waals surface area contributed by atoms with E-state index >= 15 is 0 Å². The van der Waals surface area contributed by atoms with E-state index in [1.165, 1.54) is 9.80 Å². The van der Waals surface area contributed by atoms with Crippen molar-refractivity contribution in [1.29, 1.82) is 0 Å². The van der Waals surface area contributed by atoms with E-state index in [9.17, 15) is 49.2 Å². The van der Waals surface area contributed by atoms with Gasteiger partial charge in [-0.15, -0.1) is 0 Å². The molecule has 0 bridgehead atoms. The fraction of sp³-hybridized carbons (Fsp3) is 0.865. The molecule has 6 aliphatic rings. The molecule has 8 atom stereocenters. The quantitative estimate of drug-likeness (QED) is 0.197. The second kappa shape index (κ2) is 40.6. The Kier molecular flexibility index (Phi) is 46.2. The van der Waals surface area contributed by atoms with Crippen LogP contribution in [0, 0.1) is 23.7 Å². The van der Waals surface area contributed by atoms with Crippen LogP contribution in [-0.4, -0.2) is 204 Å². The van der Waals surface area contributed by atoms with Crippen LogP contribution in [-0.2, 0) is 38.2 Å². The number of aliphatic carboxylic acids is 1. The Hall–Kier alpha value is -3.60. The number of carboxylic acid groups (broad SMARTS) is 1. The second-order valence-electron chi connectivity index (χ2n) is 20.1. The fourth-order valence-corrected chi connectivity index (χ4v) is 7.51. The normalized spacial score (nSPS) is 23.7. The van der Waals surface area contributed by atoms with Crippen molar-refractivity contribution in [3.8, 4) is 0 Å². The zero-order chi connectivity index (χ0) is 52.3. The van der Waals surface area contributed by atoms with Gasteiger partial charge in [0.2, 0.25) is 11.8 Å². The SMILES string of the molecule is C.C.C.C.C.C.CC(C)(C)OC(=O)N1C[C@H](C(=O)N2CCC2)[C@@H](O)C1.CC(C)(C)OC(=O)N1C[C@H](C(=O)O)[C@@H](O)C1.CC[C@H]1CN(C(=O)OC(C)(C)C)C[C@@H]1O.O=C([C@H]1CCC[C@@H]1O)N1CCC1.O=C=O.[2H]CC.[Na+].[OH-]. The molecular formula is C52H106N5NaO17. The van der Waals surface area contributed by atoms with Crippen molar-refractivity contribution in [2.75, 3.05) is 65.4 Å². The third-order valence-electron chi connectivity index (χ3n) is 11.2. The molecule has 0 unspecified atom stereocenters. The first-order valence-corrected chi connectivity index (χ1v) is 23.2. The number of hydrogen-bond acceptors (Lipinski definition) is 16. The maximum Gasteiger partial charge on any atom is 1.00 e. The van der Waals surface area contributed by atoms with Gasteiger partial charge in [0, 0.05) is 53.1 Å². The van der Waals surface area contributed by atoms with Gasteiger partial charge in [-0.1, -0.05) is 65.3 Å². The smallest absolute Gasteiger partial charge is 0.870 e. The van der Waals surface area contributed by atoms with Gasteiger partial charge in [0.1, 0.15) is 22.7 Å². The summed E-state index contributed by atoms with van der Waals surface area (Å²) >= 11 is 0. The van der Waals surface area contributed by atoms with Crippen LogP contribution in [0.5, 0.6) is 0 Å². The number of β-amino-alcohol motifs (C(OH)–C–C–N with tert-alkyl or cyclic N) is 3. The number of carbonyl (C=O) groups excluding carboxylic acids is 7. The van der Waals surface area contributed by atoms with Crippen molar-refractivity contribution in [1.82, 2.24) is 24.5 Å². The van der Waals surface area contributed by atoms with Crippen molar-refractivity contribution >= 4 is 42.2 Å². The summed E-state index contributed by atoms with van der Waals surface area (Å²) in [7, 11) is 0. The predicted molar refractivity (Wildman–Crippen MR) is 284 cm³/mol. The number of hydrogen-bond donors (Lipinski definition) is 5. The molecule has 0 spiro atoms. The van der Waals surface area contributed by atoms with Crippen LogP contribution in [0.1, 0.15) is 168 Å². The van der Waals surface area contributed by atoms with Crippen molar-refractivity contribution in [2.45, 2.75) is 207 Å². The van der Waals surface area contributed by atoms with Crippen molar-refractivity contribution in [3.05, 3.63) is 0 Å². The fourth-order valence-electron chi connectivity index (χ4n) is 7.51. The average Bonchev–Trinajstić information content (AvgIpc) is 3.95. The summed E-state index contributed by atoms with van der Waals surface area (Å²) in [6.45, 7) is 25.1. The topological polar surface area (TPSA) is 312 Å². The van der Waals surface area contributed by atoms with Crippen LogP contribution in [0.2, 0.25) is 0 Å². The number of ether oxygens (including phenoxy) is 3. The summed E-state index contributed by atoms with van der Waals surface area (Å²) in [5.74, 6) is -2.28. The van der Waals surface area contributed by atoms with Gasteiger partial charge >= 0.3 is 60.0 Å². The average molecular weight is 1100 g/mol. The van der Waals surface area contributed by atoms with E-state index in [4.69, 9.17) is 30.3 Å². The molecule has 5 heterocycles. The third-order valence-corrected chi connectivity index (χ3v) is 11.2. The minimum Gasteiger partial charge on any atom is -0.870 e. The number of carboxylic acids is 1. The van der Waals surface area contributed by atoms with Crippen LogP contribution in [0.25, 0.3) is 0 Å². The molecule has 22 nitrogen and oxygen atoms in total. The molecule has 6 N–H and O–H groups in total. The molecule has 442 valence electrons. The van der Waals surface area contributed by atoms with E-state index in [0.717, 1.165) is 64.7 Å². The molecular weight excluding hydrogens is 990 g/mol. The minimum atomic E-state index is -1.10. The number of nitrogens with zero attached hydrogens (tertiary/aromatic N) is 5. The maximum atomic E-state index is 12.1. The number of likely N-dealkylation sites (tertiary alicyclic amines) is 5. The van der Waals surface area contributed by atoms with Gasteiger partial charge in [-0.25, -0.2) is 14.4 Å². The summed E-state index contributed by atoms with van der Waals surface area (Å²) in [6.07, 6.45) is 2.04.